The number of hydrogen-bond donors (Lipinski definition) is 1. The quantitative estimate of drug-likeness (QED) is 0.910. The summed E-state index contributed by atoms with van der Waals surface area (Å²) in [7, 11) is 0. The molecule has 1 N–H and O–H groups in total. The summed E-state index contributed by atoms with van der Waals surface area (Å²) < 4.78 is 0. The van der Waals surface area contributed by atoms with Crippen LogP contribution in [0.3, 0.4) is 0 Å². The van der Waals surface area contributed by atoms with E-state index in [1.807, 2.05) is 42.5 Å². The molecule has 4 heteroatoms. The van der Waals surface area contributed by atoms with Crippen LogP contribution in [0.2, 0.25) is 5.02 Å². The molecule has 2 aromatic rings. The van der Waals surface area contributed by atoms with Crippen LogP contribution in [0.15, 0.2) is 54.6 Å². The normalized spacial score (nSPS) is 17.3. The van der Waals surface area contributed by atoms with Gasteiger partial charge in [-0.1, -0.05) is 41.9 Å². The first-order chi connectivity index (χ1) is 11.2. The summed E-state index contributed by atoms with van der Waals surface area (Å²) >= 11 is 5.93. The topological polar surface area (TPSA) is 32.3 Å². The number of benzene rings is 2. The number of carbonyl (C=O) groups is 1. The first-order valence-corrected chi connectivity index (χ1v) is 8.39. The fraction of sp³-hybridized carbons (Fsp3) is 0.316. The third-order valence-corrected chi connectivity index (χ3v) is 4.53. The molecule has 2 aromatic carbocycles. The SMILES string of the molecule is O=C(Cc1ccccc1)NCC1CCN(c2ccc(Cl)cc2)C1. The third-order valence-electron chi connectivity index (χ3n) is 4.27. The van der Waals surface area contributed by atoms with Crippen molar-refractivity contribution in [2.24, 2.45) is 5.92 Å². The molecule has 3 nitrogen and oxygen atoms in total. The number of hydrogen-bond acceptors (Lipinski definition) is 2. The molecule has 1 fully saturated rings. The molecule has 120 valence electrons. The lowest BCUT2D eigenvalue weighted by Crippen LogP contribution is -2.32. The van der Waals surface area contributed by atoms with Crippen LogP contribution in [0.4, 0.5) is 5.69 Å². The third kappa shape index (κ3) is 4.49. The Labute approximate surface area is 142 Å². The van der Waals surface area contributed by atoms with E-state index in [4.69, 9.17) is 11.6 Å². The molecule has 23 heavy (non-hydrogen) atoms. The van der Waals surface area contributed by atoms with Crippen molar-refractivity contribution in [2.45, 2.75) is 12.8 Å². The minimum atomic E-state index is 0.0983. The molecule has 1 aliphatic rings. The summed E-state index contributed by atoms with van der Waals surface area (Å²) in [6.45, 7) is 2.75. The Morgan fingerprint density at radius 3 is 2.61 bits per heavy atom. The Morgan fingerprint density at radius 2 is 1.87 bits per heavy atom. The first-order valence-electron chi connectivity index (χ1n) is 8.02. The lowest BCUT2D eigenvalue weighted by molar-refractivity contribution is -0.120. The maximum atomic E-state index is 12.0. The van der Waals surface area contributed by atoms with Gasteiger partial charge in [0.25, 0.3) is 0 Å². The zero-order valence-electron chi connectivity index (χ0n) is 13.0. The molecular formula is C19H21ClN2O. The second kappa shape index (κ2) is 7.51. The van der Waals surface area contributed by atoms with Crippen LogP contribution >= 0.6 is 11.6 Å². The number of halogens is 1. The summed E-state index contributed by atoms with van der Waals surface area (Å²) in [4.78, 5) is 14.4. The molecule has 3 rings (SSSR count). The second-order valence-electron chi connectivity index (χ2n) is 6.04. The number of anilines is 1. The lowest BCUT2D eigenvalue weighted by Gasteiger charge is -2.19. The van der Waals surface area contributed by atoms with Gasteiger partial charge >= 0.3 is 0 Å². The number of amides is 1. The van der Waals surface area contributed by atoms with E-state index in [1.165, 1.54) is 5.69 Å². The van der Waals surface area contributed by atoms with Crippen LogP contribution in [0.5, 0.6) is 0 Å². The highest BCUT2D eigenvalue weighted by Gasteiger charge is 2.23. The fourth-order valence-corrected chi connectivity index (χ4v) is 3.11. The molecule has 0 bridgehead atoms. The van der Waals surface area contributed by atoms with Gasteiger partial charge in [-0.15, -0.1) is 0 Å². The van der Waals surface area contributed by atoms with Gasteiger partial charge in [0.05, 0.1) is 6.42 Å². The first kappa shape index (κ1) is 15.9. The van der Waals surface area contributed by atoms with Crippen molar-refractivity contribution in [2.75, 3.05) is 24.5 Å². The maximum Gasteiger partial charge on any atom is 0.224 e. The summed E-state index contributed by atoms with van der Waals surface area (Å²) in [6.07, 6.45) is 1.56. The van der Waals surface area contributed by atoms with E-state index in [1.54, 1.807) is 0 Å². The molecular weight excluding hydrogens is 308 g/mol. The van der Waals surface area contributed by atoms with Gasteiger partial charge in [-0.25, -0.2) is 0 Å². The molecule has 1 unspecified atom stereocenters. The Kier molecular flexibility index (Phi) is 5.19. The standard InChI is InChI=1S/C19H21ClN2O/c20-17-6-8-18(9-7-17)22-11-10-16(14-22)13-21-19(23)12-15-4-2-1-3-5-15/h1-9,16H,10-14H2,(H,21,23). The molecule has 0 spiro atoms. The van der Waals surface area contributed by atoms with Crippen molar-refractivity contribution >= 4 is 23.2 Å². The molecule has 0 aliphatic carbocycles. The van der Waals surface area contributed by atoms with E-state index in [2.05, 4.69) is 22.3 Å². The smallest absolute Gasteiger partial charge is 0.224 e. The van der Waals surface area contributed by atoms with Crippen molar-refractivity contribution in [3.05, 3.63) is 65.2 Å². The van der Waals surface area contributed by atoms with E-state index in [9.17, 15) is 4.79 Å². The van der Waals surface area contributed by atoms with E-state index in [0.29, 0.717) is 12.3 Å². The monoisotopic (exact) mass is 328 g/mol. The van der Waals surface area contributed by atoms with Crippen molar-refractivity contribution in [1.29, 1.82) is 0 Å². The van der Waals surface area contributed by atoms with Gasteiger partial charge in [-0.05, 0) is 42.2 Å². The largest absolute Gasteiger partial charge is 0.371 e. The average Bonchev–Trinajstić information content (AvgIpc) is 3.04. The zero-order valence-corrected chi connectivity index (χ0v) is 13.8. The molecule has 0 saturated carbocycles. The van der Waals surface area contributed by atoms with Crippen LogP contribution < -0.4 is 10.2 Å². The molecule has 1 saturated heterocycles. The van der Waals surface area contributed by atoms with Gasteiger partial charge in [-0.3, -0.25) is 4.79 Å². The molecule has 1 amide bonds. The number of nitrogens with zero attached hydrogens (tertiary/aromatic N) is 1. The summed E-state index contributed by atoms with van der Waals surface area (Å²) in [6, 6.07) is 17.8. The van der Waals surface area contributed by atoms with Crippen LogP contribution in [0, 0.1) is 5.92 Å². The minimum absolute atomic E-state index is 0.0983. The molecule has 1 atom stereocenters. The highest BCUT2D eigenvalue weighted by molar-refractivity contribution is 6.30. The van der Waals surface area contributed by atoms with E-state index in [0.717, 1.165) is 36.6 Å². The van der Waals surface area contributed by atoms with Crippen LogP contribution in [0.1, 0.15) is 12.0 Å². The molecule has 0 radical (unpaired) electrons. The number of carbonyl (C=O) groups excluding carboxylic acids is 1. The molecule has 1 aliphatic heterocycles. The predicted octanol–water partition coefficient (Wildman–Crippen LogP) is 3.53. The zero-order chi connectivity index (χ0) is 16.1. The Hall–Kier alpha value is -2.00. The van der Waals surface area contributed by atoms with Crippen molar-refractivity contribution in [3.63, 3.8) is 0 Å². The Bertz CT molecular complexity index is 642. The highest BCUT2D eigenvalue weighted by Crippen LogP contribution is 2.24. The number of rotatable bonds is 5. The van der Waals surface area contributed by atoms with Crippen molar-refractivity contribution in [3.8, 4) is 0 Å². The van der Waals surface area contributed by atoms with Crippen LogP contribution in [-0.2, 0) is 11.2 Å². The van der Waals surface area contributed by atoms with Gasteiger partial charge < -0.3 is 10.2 Å². The summed E-state index contributed by atoms with van der Waals surface area (Å²) in [5.41, 5.74) is 2.26. The van der Waals surface area contributed by atoms with Crippen molar-refractivity contribution < 1.29 is 4.79 Å². The van der Waals surface area contributed by atoms with Crippen molar-refractivity contribution in [1.82, 2.24) is 5.32 Å². The van der Waals surface area contributed by atoms with E-state index in [-0.39, 0.29) is 5.91 Å². The highest BCUT2D eigenvalue weighted by atomic mass is 35.5. The van der Waals surface area contributed by atoms with Gasteiger partial charge in [0.15, 0.2) is 0 Å². The summed E-state index contributed by atoms with van der Waals surface area (Å²) in [5.74, 6) is 0.603. The average molecular weight is 329 g/mol. The summed E-state index contributed by atoms with van der Waals surface area (Å²) in [5, 5.41) is 3.83. The van der Waals surface area contributed by atoms with E-state index < -0.39 is 0 Å². The maximum absolute atomic E-state index is 12.0. The second-order valence-corrected chi connectivity index (χ2v) is 6.48. The van der Waals surface area contributed by atoms with Gasteiger partial charge in [0.2, 0.25) is 5.91 Å². The lowest BCUT2D eigenvalue weighted by atomic mass is 10.1. The Morgan fingerprint density at radius 1 is 1.13 bits per heavy atom. The van der Waals surface area contributed by atoms with Gasteiger partial charge in [0.1, 0.15) is 0 Å². The molecule has 0 aromatic heterocycles. The minimum Gasteiger partial charge on any atom is -0.371 e. The van der Waals surface area contributed by atoms with Gasteiger partial charge in [0, 0.05) is 30.3 Å². The predicted molar refractivity (Wildman–Crippen MR) is 94.9 cm³/mol. The molecule has 1 heterocycles. The van der Waals surface area contributed by atoms with E-state index >= 15 is 0 Å². The Balaban J connectivity index is 1.45. The van der Waals surface area contributed by atoms with Crippen LogP contribution in [-0.4, -0.2) is 25.5 Å². The van der Waals surface area contributed by atoms with Gasteiger partial charge in [-0.2, -0.15) is 0 Å². The van der Waals surface area contributed by atoms with Crippen LogP contribution in [0.25, 0.3) is 0 Å². The number of nitrogens with one attached hydrogen (secondary N) is 1. The fourth-order valence-electron chi connectivity index (χ4n) is 2.99.